The van der Waals surface area contributed by atoms with Crippen LogP contribution in [0.25, 0.3) is 16.9 Å². The van der Waals surface area contributed by atoms with Crippen LogP contribution < -0.4 is 4.74 Å². The predicted molar refractivity (Wildman–Crippen MR) is 94.4 cm³/mol. The molecule has 0 aliphatic rings. The van der Waals surface area contributed by atoms with Crippen molar-refractivity contribution >= 4 is 5.65 Å². The van der Waals surface area contributed by atoms with Gasteiger partial charge in [-0.15, -0.1) is 0 Å². The van der Waals surface area contributed by atoms with Gasteiger partial charge >= 0.3 is 0 Å². The first-order valence-electron chi connectivity index (χ1n) is 8.41. The van der Waals surface area contributed by atoms with Crippen molar-refractivity contribution in [2.45, 2.75) is 33.1 Å². The molecule has 1 aromatic carbocycles. The summed E-state index contributed by atoms with van der Waals surface area (Å²) in [5.41, 5.74) is 5.11. The summed E-state index contributed by atoms with van der Waals surface area (Å²) in [4.78, 5) is 4.68. The van der Waals surface area contributed by atoms with Crippen LogP contribution >= 0.6 is 0 Å². The highest BCUT2D eigenvalue weighted by Gasteiger charge is 2.09. The summed E-state index contributed by atoms with van der Waals surface area (Å²) in [7, 11) is 0. The van der Waals surface area contributed by atoms with Crippen molar-refractivity contribution in [3.05, 3.63) is 47.8 Å². The Bertz CT molecular complexity index is 809. The highest BCUT2D eigenvalue weighted by Crippen LogP contribution is 2.23. The van der Waals surface area contributed by atoms with Crippen LogP contribution in [-0.2, 0) is 6.42 Å². The molecule has 0 spiro atoms. The molecule has 0 atom stereocenters. The topological polar surface area (TPSA) is 59.7 Å². The van der Waals surface area contributed by atoms with E-state index in [1.165, 1.54) is 12.0 Å². The molecule has 24 heavy (non-hydrogen) atoms. The van der Waals surface area contributed by atoms with Crippen molar-refractivity contribution in [1.29, 1.82) is 0 Å². The zero-order valence-corrected chi connectivity index (χ0v) is 14.2. The minimum atomic E-state index is 0.0135. The smallest absolute Gasteiger partial charge is 0.154 e. The summed E-state index contributed by atoms with van der Waals surface area (Å²) in [6, 6.07) is 9.82. The van der Waals surface area contributed by atoms with Crippen molar-refractivity contribution < 1.29 is 9.84 Å². The van der Waals surface area contributed by atoms with E-state index >= 15 is 0 Å². The number of nitrogens with zero attached hydrogens (tertiary/aromatic N) is 3. The molecule has 0 amide bonds. The van der Waals surface area contributed by atoms with Gasteiger partial charge in [0.15, 0.2) is 5.65 Å². The fourth-order valence-corrected chi connectivity index (χ4v) is 2.67. The normalized spacial score (nSPS) is 11.1. The van der Waals surface area contributed by atoms with Crippen molar-refractivity contribution in [3.8, 4) is 17.0 Å². The second-order valence-corrected chi connectivity index (χ2v) is 5.90. The van der Waals surface area contributed by atoms with E-state index < -0.39 is 0 Å². The number of unbranched alkanes of at least 4 members (excludes halogenated alkanes) is 1. The van der Waals surface area contributed by atoms with Gasteiger partial charge in [-0.3, -0.25) is 0 Å². The summed E-state index contributed by atoms with van der Waals surface area (Å²) in [6.45, 7) is 4.60. The minimum Gasteiger partial charge on any atom is -0.491 e. The SMILES string of the molecule is CCCCc1nn2cc(-c3ccc(OCCO)cc3)nc2cc1C. The lowest BCUT2D eigenvalue weighted by Crippen LogP contribution is -2.01. The van der Waals surface area contributed by atoms with E-state index in [-0.39, 0.29) is 6.61 Å². The number of hydrogen-bond donors (Lipinski definition) is 1. The number of imidazole rings is 1. The van der Waals surface area contributed by atoms with Crippen LogP contribution in [0.5, 0.6) is 5.75 Å². The van der Waals surface area contributed by atoms with Crippen LogP contribution in [0.4, 0.5) is 0 Å². The third-order valence-electron chi connectivity index (χ3n) is 4.02. The molecule has 0 radical (unpaired) electrons. The van der Waals surface area contributed by atoms with Gasteiger partial charge in [-0.2, -0.15) is 5.10 Å². The molecule has 1 N–H and O–H groups in total. The third-order valence-corrected chi connectivity index (χ3v) is 4.02. The third kappa shape index (κ3) is 3.57. The molecule has 0 saturated heterocycles. The second kappa shape index (κ2) is 7.45. The molecule has 5 heteroatoms. The quantitative estimate of drug-likeness (QED) is 0.723. The molecular formula is C19H23N3O2. The lowest BCUT2D eigenvalue weighted by molar-refractivity contribution is 0.201. The van der Waals surface area contributed by atoms with Gasteiger partial charge in [-0.1, -0.05) is 13.3 Å². The van der Waals surface area contributed by atoms with Crippen molar-refractivity contribution in [2.24, 2.45) is 0 Å². The van der Waals surface area contributed by atoms with Crippen LogP contribution in [0.3, 0.4) is 0 Å². The van der Waals surface area contributed by atoms with Crippen molar-refractivity contribution in [3.63, 3.8) is 0 Å². The average Bonchev–Trinajstić information content (AvgIpc) is 3.01. The second-order valence-electron chi connectivity index (χ2n) is 5.90. The molecule has 0 unspecified atom stereocenters. The van der Waals surface area contributed by atoms with Gasteiger partial charge in [-0.05, 0) is 55.7 Å². The van der Waals surface area contributed by atoms with E-state index in [0.29, 0.717) is 6.61 Å². The Labute approximate surface area is 141 Å². The van der Waals surface area contributed by atoms with Gasteiger partial charge in [0.05, 0.1) is 24.2 Å². The average molecular weight is 325 g/mol. The lowest BCUT2D eigenvalue weighted by atomic mass is 10.1. The van der Waals surface area contributed by atoms with Gasteiger partial charge in [0, 0.05) is 5.56 Å². The van der Waals surface area contributed by atoms with Crippen LogP contribution in [0, 0.1) is 6.92 Å². The number of rotatable bonds is 7. The number of aliphatic hydroxyl groups is 1. The molecule has 0 bridgehead atoms. The molecule has 5 nitrogen and oxygen atoms in total. The van der Waals surface area contributed by atoms with Gasteiger partial charge in [0.2, 0.25) is 0 Å². The van der Waals surface area contributed by atoms with E-state index in [9.17, 15) is 0 Å². The van der Waals surface area contributed by atoms with Crippen LogP contribution in [-0.4, -0.2) is 32.9 Å². The highest BCUT2D eigenvalue weighted by molar-refractivity contribution is 5.63. The molecule has 0 saturated carbocycles. The fourth-order valence-electron chi connectivity index (χ4n) is 2.67. The lowest BCUT2D eigenvalue weighted by Gasteiger charge is -2.04. The van der Waals surface area contributed by atoms with E-state index in [1.807, 2.05) is 35.0 Å². The number of hydrogen-bond acceptors (Lipinski definition) is 4. The largest absolute Gasteiger partial charge is 0.491 e. The molecule has 3 rings (SSSR count). The molecule has 3 aromatic rings. The van der Waals surface area contributed by atoms with Crippen molar-refractivity contribution in [1.82, 2.24) is 14.6 Å². The first-order chi connectivity index (χ1) is 11.7. The number of benzene rings is 1. The monoisotopic (exact) mass is 325 g/mol. The fraction of sp³-hybridized carbons (Fsp3) is 0.368. The maximum absolute atomic E-state index is 8.79. The Morgan fingerprint density at radius 1 is 1.21 bits per heavy atom. The Balaban J connectivity index is 1.87. The number of fused-ring (bicyclic) bond motifs is 1. The summed E-state index contributed by atoms with van der Waals surface area (Å²) < 4.78 is 7.25. The first-order valence-corrected chi connectivity index (χ1v) is 8.41. The number of aromatic nitrogens is 3. The Morgan fingerprint density at radius 2 is 2.00 bits per heavy atom. The molecule has 2 heterocycles. The standard InChI is InChI=1S/C19H23N3O2/c1-3-4-5-17-14(2)12-19-20-18(13-22(19)21-17)15-6-8-16(9-7-15)24-11-10-23/h6-9,12-13,23H,3-5,10-11H2,1-2H3. The number of aliphatic hydroxyl groups excluding tert-OH is 1. The van der Waals surface area contributed by atoms with Crippen LogP contribution in [0.15, 0.2) is 36.5 Å². The molecule has 2 aromatic heterocycles. The van der Waals surface area contributed by atoms with E-state index in [4.69, 9.17) is 14.9 Å². The number of aryl methyl sites for hydroxylation is 2. The van der Waals surface area contributed by atoms with Gasteiger partial charge in [-0.25, -0.2) is 9.50 Å². The molecular weight excluding hydrogens is 302 g/mol. The Hall–Kier alpha value is -2.40. The maximum Gasteiger partial charge on any atom is 0.154 e. The van der Waals surface area contributed by atoms with E-state index in [1.54, 1.807) is 0 Å². The van der Waals surface area contributed by atoms with Gasteiger partial charge < -0.3 is 9.84 Å². The van der Waals surface area contributed by atoms with Gasteiger partial charge in [0.1, 0.15) is 12.4 Å². The molecule has 0 fully saturated rings. The summed E-state index contributed by atoms with van der Waals surface area (Å²) in [5, 5.41) is 13.5. The van der Waals surface area contributed by atoms with E-state index in [2.05, 4.69) is 24.9 Å². The summed E-state index contributed by atoms with van der Waals surface area (Å²) >= 11 is 0. The van der Waals surface area contributed by atoms with Crippen LogP contribution in [0.2, 0.25) is 0 Å². The molecule has 0 aliphatic heterocycles. The Morgan fingerprint density at radius 3 is 2.71 bits per heavy atom. The zero-order chi connectivity index (χ0) is 16.9. The molecule has 126 valence electrons. The predicted octanol–water partition coefficient (Wildman–Crippen LogP) is 3.42. The first kappa shape index (κ1) is 16.5. The van der Waals surface area contributed by atoms with Gasteiger partial charge in [0.25, 0.3) is 0 Å². The maximum atomic E-state index is 8.79. The Kier molecular flexibility index (Phi) is 5.11. The number of ether oxygens (including phenoxy) is 1. The summed E-state index contributed by atoms with van der Waals surface area (Å²) in [6.07, 6.45) is 5.28. The molecule has 0 aliphatic carbocycles. The highest BCUT2D eigenvalue weighted by atomic mass is 16.5. The van der Waals surface area contributed by atoms with Crippen molar-refractivity contribution in [2.75, 3.05) is 13.2 Å². The van der Waals surface area contributed by atoms with Crippen LogP contribution in [0.1, 0.15) is 31.0 Å². The minimum absolute atomic E-state index is 0.0135. The zero-order valence-electron chi connectivity index (χ0n) is 14.2. The van der Waals surface area contributed by atoms with E-state index in [0.717, 1.165) is 41.2 Å². The summed E-state index contributed by atoms with van der Waals surface area (Å²) in [5.74, 6) is 0.743.